The van der Waals surface area contributed by atoms with E-state index < -0.39 is 11.7 Å². The van der Waals surface area contributed by atoms with E-state index in [2.05, 4.69) is 4.98 Å². The molecule has 2 heterocycles. The number of halogens is 1. The Labute approximate surface area is 141 Å². The van der Waals surface area contributed by atoms with Crippen molar-refractivity contribution in [2.45, 2.75) is 39.2 Å². The maximum Gasteiger partial charge on any atom is 0.414 e. The first kappa shape index (κ1) is 16.4. The number of hydrogen-bond donors (Lipinski definition) is 0. The minimum atomic E-state index is -0.579. The van der Waals surface area contributed by atoms with Gasteiger partial charge in [0.1, 0.15) is 11.4 Å². The smallest absolute Gasteiger partial charge is 0.414 e. The van der Waals surface area contributed by atoms with Crippen LogP contribution < -0.4 is 4.90 Å². The highest BCUT2D eigenvalue weighted by Gasteiger charge is 2.28. The Morgan fingerprint density at radius 2 is 1.96 bits per heavy atom. The van der Waals surface area contributed by atoms with Crippen molar-refractivity contribution >= 4 is 11.8 Å². The van der Waals surface area contributed by atoms with Crippen LogP contribution in [-0.4, -0.2) is 23.2 Å². The van der Waals surface area contributed by atoms with Gasteiger partial charge in [-0.15, -0.1) is 0 Å². The number of nitrogens with zero attached hydrogens (tertiary/aromatic N) is 2. The van der Waals surface area contributed by atoms with E-state index >= 15 is 0 Å². The molecule has 126 valence electrons. The van der Waals surface area contributed by atoms with Crippen LogP contribution in [0, 0.1) is 5.82 Å². The Balaban J connectivity index is 1.98. The van der Waals surface area contributed by atoms with Crippen molar-refractivity contribution in [1.82, 2.24) is 4.98 Å². The lowest BCUT2D eigenvalue weighted by molar-refractivity contribution is 0.0578. The van der Waals surface area contributed by atoms with Crippen LogP contribution in [-0.2, 0) is 11.2 Å². The molecule has 0 spiro atoms. The monoisotopic (exact) mass is 328 g/mol. The van der Waals surface area contributed by atoms with E-state index in [9.17, 15) is 9.18 Å². The van der Waals surface area contributed by atoms with Gasteiger partial charge in [-0.05, 0) is 69.0 Å². The van der Waals surface area contributed by atoms with Crippen molar-refractivity contribution in [3.63, 3.8) is 0 Å². The molecule has 24 heavy (non-hydrogen) atoms. The lowest BCUT2D eigenvalue weighted by Crippen LogP contribution is -2.39. The van der Waals surface area contributed by atoms with Gasteiger partial charge in [-0.1, -0.05) is 0 Å². The molecule has 5 heteroatoms. The maximum atomic E-state index is 14.6. The van der Waals surface area contributed by atoms with Crippen molar-refractivity contribution in [2.24, 2.45) is 0 Å². The Morgan fingerprint density at radius 3 is 2.62 bits per heavy atom. The van der Waals surface area contributed by atoms with Crippen LogP contribution in [0.2, 0.25) is 0 Å². The summed E-state index contributed by atoms with van der Waals surface area (Å²) < 4.78 is 20.1. The third-order valence-corrected chi connectivity index (χ3v) is 3.89. The second kappa shape index (κ2) is 6.23. The summed E-state index contributed by atoms with van der Waals surface area (Å²) in [6, 6.07) is 6.82. The van der Waals surface area contributed by atoms with Gasteiger partial charge in [-0.25, -0.2) is 9.18 Å². The summed E-state index contributed by atoms with van der Waals surface area (Å²) in [4.78, 5) is 17.9. The minimum Gasteiger partial charge on any atom is -0.443 e. The topological polar surface area (TPSA) is 42.4 Å². The summed E-state index contributed by atoms with van der Waals surface area (Å²) in [5.74, 6) is -0.351. The predicted octanol–water partition coefficient (Wildman–Crippen LogP) is 4.58. The van der Waals surface area contributed by atoms with Gasteiger partial charge in [0.05, 0.1) is 5.69 Å². The number of pyridine rings is 1. The van der Waals surface area contributed by atoms with Crippen LogP contribution in [0.25, 0.3) is 11.1 Å². The third kappa shape index (κ3) is 3.40. The molecular weight excluding hydrogens is 307 g/mol. The summed E-state index contributed by atoms with van der Waals surface area (Å²) in [5.41, 5.74) is 2.29. The molecule has 0 saturated carbocycles. The molecular formula is C19H21FN2O2. The molecule has 0 N–H and O–H groups in total. The number of carbonyl (C=O) groups is 1. The minimum absolute atomic E-state index is 0.351. The number of carbonyl (C=O) groups excluding carboxylic acids is 1. The average Bonchev–Trinajstić information content (AvgIpc) is 2.53. The molecule has 3 rings (SSSR count). The van der Waals surface area contributed by atoms with Crippen LogP contribution in [0.1, 0.15) is 32.8 Å². The Morgan fingerprint density at radius 1 is 1.25 bits per heavy atom. The molecule has 0 atom stereocenters. The first-order chi connectivity index (χ1) is 11.3. The number of aryl methyl sites for hydroxylation is 1. The molecule has 1 aromatic heterocycles. The Kier molecular flexibility index (Phi) is 4.26. The normalized spacial score (nSPS) is 14.2. The second-order valence-corrected chi connectivity index (χ2v) is 6.93. The summed E-state index contributed by atoms with van der Waals surface area (Å²) in [5, 5.41) is 0. The SMILES string of the molecule is CC(C)(C)OC(=O)N1CCCc2cc(-c3ccncc3)c(F)cc21. The molecule has 0 aliphatic carbocycles. The average molecular weight is 328 g/mol. The second-order valence-electron chi connectivity index (χ2n) is 6.93. The number of fused-ring (bicyclic) bond motifs is 1. The molecule has 4 nitrogen and oxygen atoms in total. The van der Waals surface area contributed by atoms with Crippen molar-refractivity contribution in [3.05, 3.63) is 48.0 Å². The van der Waals surface area contributed by atoms with Crippen LogP contribution >= 0.6 is 0 Å². The standard InChI is InChI=1S/C19H21FN2O2/c1-19(2,3)24-18(23)22-10-4-5-14-11-15(16(20)12-17(14)22)13-6-8-21-9-7-13/h6-9,11-12H,4-5,10H2,1-3H3. The molecule has 0 unspecified atom stereocenters. The largest absolute Gasteiger partial charge is 0.443 e. The van der Waals surface area contributed by atoms with Crippen LogP contribution in [0.5, 0.6) is 0 Å². The first-order valence-electron chi connectivity index (χ1n) is 8.08. The number of ether oxygens (including phenoxy) is 1. The molecule has 1 aliphatic heterocycles. The fourth-order valence-electron chi connectivity index (χ4n) is 2.87. The summed E-state index contributed by atoms with van der Waals surface area (Å²) >= 11 is 0. The van der Waals surface area contributed by atoms with E-state index in [1.807, 2.05) is 26.8 Å². The van der Waals surface area contributed by atoms with Crippen molar-refractivity contribution in [2.75, 3.05) is 11.4 Å². The van der Waals surface area contributed by atoms with Gasteiger partial charge in [0.2, 0.25) is 0 Å². The molecule has 0 radical (unpaired) electrons. The number of anilines is 1. The van der Waals surface area contributed by atoms with Crippen molar-refractivity contribution in [1.29, 1.82) is 0 Å². The van der Waals surface area contributed by atoms with Gasteiger partial charge >= 0.3 is 6.09 Å². The highest BCUT2D eigenvalue weighted by Crippen LogP contribution is 2.34. The fourth-order valence-corrected chi connectivity index (χ4v) is 2.87. The molecule has 0 bridgehead atoms. The number of hydrogen-bond acceptors (Lipinski definition) is 3. The van der Waals surface area contributed by atoms with Gasteiger partial charge < -0.3 is 4.74 Å². The van der Waals surface area contributed by atoms with Crippen molar-refractivity contribution in [3.8, 4) is 11.1 Å². The van der Waals surface area contributed by atoms with Crippen LogP contribution in [0.3, 0.4) is 0 Å². The van der Waals surface area contributed by atoms with Crippen molar-refractivity contribution < 1.29 is 13.9 Å². The van der Waals surface area contributed by atoms with Gasteiger partial charge in [0.25, 0.3) is 0 Å². The predicted molar refractivity (Wildman–Crippen MR) is 91.5 cm³/mol. The van der Waals surface area contributed by atoms with E-state index in [4.69, 9.17) is 4.74 Å². The Bertz CT molecular complexity index is 754. The number of benzene rings is 1. The Hall–Kier alpha value is -2.43. The van der Waals surface area contributed by atoms with E-state index in [1.54, 1.807) is 24.5 Å². The lowest BCUT2D eigenvalue weighted by Gasteiger charge is -2.32. The zero-order valence-electron chi connectivity index (χ0n) is 14.2. The molecule has 1 aliphatic rings. The van der Waals surface area contributed by atoms with Crippen LogP contribution in [0.4, 0.5) is 14.9 Å². The van der Waals surface area contributed by atoms with E-state index in [1.165, 1.54) is 11.0 Å². The zero-order chi connectivity index (χ0) is 17.3. The molecule has 0 fully saturated rings. The summed E-state index contributed by atoms with van der Waals surface area (Å²) in [6.07, 6.45) is 4.49. The zero-order valence-corrected chi connectivity index (χ0v) is 14.2. The maximum absolute atomic E-state index is 14.6. The molecule has 1 amide bonds. The number of rotatable bonds is 1. The van der Waals surface area contributed by atoms with Gasteiger partial charge in [-0.2, -0.15) is 0 Å². The first-order valence-corrected chi connectivity index (χ1v) is 8.08. The highest BCUT2D eigenvalue weighted by atomic mass is 19.1. The highest BCUT2D eigenvalue weighted by molar-refractivity contribution is 5.90. The third-order valence-electron chi connectivity index (χ3n) is 3.89. The summed E-state index contributed by atoms with van der Waals surface area (Å²) in [7, 11) is 0. The van der Waals surface area contributed by atoms with Gasteiger partial charge in [0, 0.05) is 24.5 Å². The van der Waals surface area contributed by atoms with Gasteiger partial charge in [-0.3, -0.25) is 9.88 Å². The molecule has 2 aromatic rings. The molecule has 0 saturated heterocycles. The summed E-state index contributed by atoms with van der Waals surface area (Å²) in [6.45, 7) is 6.00. The molecule has 1 aromatic carbocycles. The lowest BCUT2D eigenvalue weighted by atomic mass is 9.96. The number of aromatic nitrogens is 1. The van der Waals surface area contributed by atoms with E-state index in [0.29, 0.717) is 17.8 Å². The fraction of sp³-hybridized carbons (Fsp3) is 0.368. The van der Waals surface area contributed by atoms with E-state index in [-0.39, 0.29) is 5.82 Å². The van der Waals surface area contributed by atoms with Gasteiger partial charge in [0.15, 0.2) is 0 Å². The number of amides is 1. The van der Waals surface area contributed by atoms with E-state index in [0.717, 1.165) is 24.0 Å². The quantitative estimate of drug-likeness (QED) is 0.770. The van der Waals surface area contributed by atoms with Crippen LogP contribution in [0.15, 0.2) is 36.7 Å².